The molecule has 1 rings (SSSR count). The van der Waals surface area contributed by atoms with E-state index in [9.17, 15) is 9.59 Å². The monoisotopic (exact) mass is 344 g/mol. The Labute approximate surface area is 146 Å². The fourth-order valence-electron chi connectivity index (χ4n) is 2.31. The summed E-state index contributed by atoms with van der Waals surface area (Å²) in [5, 5.41) is 9.36. The first-order valence-electron chi connectivity index (χ1n) is 7.64. The molecule has 1 atom stereocenters. The van der Waals surface area contributed by atoms with E-state index in [-0.39, 0.29) is 11.9 Å². The number of carbonyl (C=O) groups is 2. The van der Waals surface area contributed by atoms with Crippen LogP contribution >= 0.6 is 0 Å². The molecule has 0 spiro atoms. The summed E-state index contributed by atoms with van der Waals surface area (Å²) < 4.78 is 0. The van der Waals surface area contributed by atoms with Gasteiger partial charge in [0.2, 0.25) is 0 Å². The van der Waals surface area contributed by atoms with Crippen molar-refractivity contribution in [3.05, 3.63) is 46.6 Å². The van der Waals surface area contributed by atoms with Crippen LogP contribution in [0.5, 0.6) is 0 Å². The van der Waals surface area contributed by atoms with Gasteiger partial charge in [0.25, 0.3) is 11.8 Å². The summed E-state index contributed by atoms with van der Waals surface area (Å²) in [6.07, 6.45) is 8.15. The number of hydrogen-bond donors (Lipinski definition) is 5. The molecule has 8 N–H and O–H groups in total. The molecule has 0 aromatic heterocycles. The Hall–Kier alpha value is -3.16. The average Bonchev–Trinajstić information content (AvgIpc) is 2.48. The third-order valence-electron chi connectivity index (χ3n) is 3.52. The zero-order valence-electron chi connectivity index (χ0n) is 14.6. The molecule has 0 bridgehead atoms. The smallest absolute Gasteiger partial charge is 0.275 e. The van der Waals surface area contributed by atoms with Gasteiger partial charge in [-0.05, 0) is 38.8 Å². The standard InChI is InChI=1S/C17H24N6O2/c1-9-4-5-12(7-10(2)14(24)22-16(18)19)13(6-9)8-11(3)15(25)23-17(20)21/h4,6-8,12H,5H2,1-3H3,(H4,18,19,22,24)(H4,20,21,23,25)/b10-7+,11-8+. The van der Waals surface area contributed by atoms with E-state index in [4.69, 9.17) is 22.6 Å². The first-order chi connectivity index (χ1) is 11.6. The topological polar surface area (TPSA) is 160 Å². The van der Waals surface area contributed by atoms with Crippen LogP contribution in [0.4, 0.5) is 0 Å². The number of rotatable bonds is 4. The molecule has 0 heterocycles. The highest BCUT2D eigenvalue weighted by molar-refractivity contribution is 6.03. The Kier molecular flexibility index (Phi) is 6.86. The van der Waals surface area contributed by atoms with Gasteiger partial charge in [-0.1, -0.05) is 23.8 Å². The molecule has 1 aliphatic carbocycles. The van der Waals surface area contributed by atoms with Crippen molar-refractivity contribution in [1.29, 1.82) is 5.41 Å². The number of amides is 2. The normalized spacial score (nSPS) is 18.0. The van der Waals surface area contributed by atoms with Crippen molar-refractivity contribution in [3.8, 4) is 0 Å². The van der Waals surface area contributed by atoms with Gasteiger partial charge >= 0.3 is 0 Å². The van der Waals surface area contributed by atoms with Crippen LogP contribution in [0.3, 0.4) is 0 Å². The Morgan fingerprint density at radius 1 is 1.28 bits per heavy atom. The fraction of sp³-hybridized carbons (Fsp3) is 0.294. The first-order valence-corrected chi connectivity index (χ1v) is 7.64. The third-order valence-corrected chi connectivity index (χ3v) is 3.52. The number of allylic oxidation sites excluding steroid dienone is 6. The van der Waals surface area contributed by atoms with E-state index < -0.39 is 17.8 Å². The summed E-state index contributed by atoms with van der Waals surface area (Å²) in [7, 11) is 0. The van der Waals surface area contributed by atoms with Gasteiger partial charge in [0.1, 0.15) is 0 Å². The number of carbonyl (C=O) groups excluding carboxylic acids is 2. The number of aliphatic imine (C=N–C) groups is 1. The molecule has 1 aliphatic rings. The summed E-state index contributed by atoms with van der Waals surface area (Å²) in [5.74, 6) is -1.74. The second-order valence-electron chi connectivity index (χ2n) is 5.82. The molecule has 0 saturated carbocycles. The molecule has 0 radical (unpaired) electrons. The van der Waals surface area contributed by atoms with Crippen molar-refractivity contribution in [3.63, 3.8) is 0 Å². The van der Waals surface area contributed by atoms with E-state index in [1.807, 2.05) is 19.1 Å². The van der Waals surface area contributed by atoms with Crippen LogP contribution in [-0.2, 0) is 9.59 Å². The molecule has 0 aromatic rings. The molecule has 0 aromatic carbocycles. The highest BCUT2D eigenvalue weighted by Gasteiger charge is 2.17. The Morgan fingerprint density at radius 3 is 2.48 bits per heavy atom. The molecule has 0 saturated heterocycles. The van der Waals surface area contributed by atoms with Gasteiger partial charge in [-0.3, -0.25) is 20.3 Å². The van der Waals surface area contributed by atoms with Crippen molar-refractivity contribution < 1.29 is 9.59 Å². The first kappa shape index (κ1) is 19.9. The highest BCUT2D eigenvalue weighted by atomic mass is 16.2. The van der Waals surface area contributed by atoms with Gasteiger partial charge in [-0.25, -0.2) is 0 Å². The maximum atomic E-state index is 11.9. The van der Waals surface area contributed by atoms with Crippen LogP contribution in [0.15, 0.2) is 51.6 Å². The van der Waals surface area contributed by atoms with E-state index in [0.717, 1.165) is 11.1 Å². The second-order valence-corrected chi connectivity index (χ2v) is 5.82. The van der Waals surface area contributed by atoms with Gasteiger partial charge in [0.05, 0.1) is 0 Å². The van der Waals surface area contributed by atoms with Crippen LogP contribution < -0.4 is 22.5 Å². The predicted octanol–water partition coefficient (Wildman–Crippen LogP) is 0.581. The average molecular weight is 344 g/mol. The van der Waals surface area contributed by atoms with E-state index >= 15 is 0 Å². The number of hydrogen-bond acceptors (Lipinski definition) is 3. The summed E-state index contributed by atoms with van der Waals surface area (Å²) in [6.45, 7) is 5.22. The Balaban J connectivity index is 3.10. The van der Waals surface area contributed by atoms with Crippen molar-refractivity contribution in [2.24, 2.45) is 28.1 Å². The van der Waals surface area contributed by atoms with Crippen molar-refractivity contribution in [1.82, 2.24) is 5.32 Å². The molecule has 25 heavy (non-hydrogen) atoms. The molecule has 2 amide bonds. The van der Waals surface area contributed by atoms with Crippen LogP contribution in [0, 0.1) is 11.3 Å². The summed E-state index contributed by atoms with van der Waals surface area (Å²) in [6, 6.07) is 0. The zero-order valence-corrected chi connectivity index (χ0v) is 14.6. The van der Waals surface area contributed by atoms with Crippen LogP contribution in [-0.4, -0.2) is 23.7 Å². The molecular weight excluding hydrogens is 320 g/mol. The molecule has 0 aliphatic heterocycles. The lowest BCUT2D eigenvalue weighted by Gasteiger charge is -2.19. The minimum atomic E-state index is -0.512. The minimum Gasteiger partial charge on any atom is -0.370 e. The van der Waals surface area contributed by atoms with E-state index in [1.165, 1.54) is 0 Å². The van der Waals surface area contributed by atoms with Crippen LogP contribution in [0.25, 0.3) is 0 Å². The maximum Gasteiger partial charge on any atom is 0.275 e. The van der Waals surface area contributed by atoms with E-state index in [0.29, 0.717) is 17.6 Å². The number of nitrogens with zero attached hydrogens (tertiary/aromatic N) is 1. The van der Waals surface area contributed by atoms with Gasteiger partial charge < -0.3 is 17.2 Å². The predicted molar refractivity (Wildman–Crippen MR) is 98.3 cm³/mol. The molecule has 0 fully saturated rings. The molecule has 8 heteroatoms. The van der Waals surface area contributed by atoms with Gasteiger partial charge in [0, 0.05) is 17.1 Å². The second kappa shape index (κ2) is 8.62. The van der Waals surface area contributed by atoms with Crippen LogP contribution in [0.1, 0.15) is 27.2 Å². The number of nitrogens with one attached hydrogen (secondary N) is 2. The van der Waals surface area contributed by atoms with Crippen molar-refractivity contribution >= 4 is 23.7 Å². The lowest BCUT2D eigenvalue weighted by molar-refractivity contribution is -0.116. The summed E-state index contributed by atoms with van der Waals surface area (Å²) in [4.78, 5) is 27.3. The Bertz CT molecular complexity index is 736. The van der Waals surface area contributed by atoms with Crippen molar-refractivity contribution in [2.45, 2.75) is 27.2 Å². The highest BCUT2D eigenvalue weighted by Crippen LogP contribution is 2.28. The van der Waals surface area contributed by atoms with Crippen molar-refractivity contribution in [2.75, 3.05) is 0 Å². The largest absolute Gasteiger partial charge is 0.370 e. The SMILES string of the molecule is CC1=CCC(/C=C(\C)C(=O)NC(=N)N)C(/C=C(\C)C(=O)N=C(N)N)=C1. The quantitative estimate of drug-likeness (QED) is 0.286. The van der Waals surface area contributed by atoms with Gasteiger partial charge in [-0.15, -0.1) is 0 Å². The molecule has 8 nitrogen and oxygen atoms in total. The minimum absolute atomic E-state index is 0.0941. The maximum absolute atomic E-state index is 11.9. The number of nitrogens with two attached hydrogens (primary N) is 3. The molecular formula is C17H24N6O2. The molecule has 134 valence electrons. The van der Waals surface area contributed by atoms with E-state index in [2.05, 4.69) is 10.3 Å². The Morgan fingerprint density at radius 2 is 1.92 bits per heavy atom. The summed E-state index contributed by atoms with van der Waals surface area (Å²) >= 11 is 0. The zero-order chi connectivity index (χ0) is 19.1. The summed E-state index contributed by atoms with van der Waals surface area (Å²) in [5.41, 5.74) is 18.4. The fourth-order valence-corrected chi connectivity index (χ4v) is 2.31. The lowest BCUT2D eigenvalue weighted by Crippen LogP contribution is -2.36. The third kappa shape index (κ3) is 6.46. The van der Waals surface area contributed by atoms with E-state index in [1.54, 1.807) is 26.0 Å². The van der Waals surface area contributed by atoms with Gasteiger partial charge in [0.15, 0.2) is 11.9 Å². The van der Waals surface area contributed by atoms with Crippen LogP contribution in [0.2, 0.25) is 0 Å². The number of guanidine groups is 2. The lowest BCUT2D eigenvalue weighted by atomic mass is 9.86. The molecule has 1 unspecified atom stereocenters. The van der Waals surface area contributed by atoms with Gasteiger partial charge in [-0.2, -0.15) is 4.99 Å².